The Kier molecular flexibility index (Phi) is 10.8. The highest BCUT2D eigenvalue weighted by atomic mass is 16.6. The molecule has 0 aliphatic heterocycles. The molecule has 0 heterocycles. The van der Waals surface area contributed by atoms with Crippen molar-refractivity contribution in [2.24, 2.45) is 5.41 Å². The Morgan fingerprint density at radius 2 is 0.852 bits per heavy atom. The smallest absolute Gasteiger partial charge is 0.313 e. The fourth-order valence-corrected chi connectivity index (χ4v) is 1.89. The van der Waals surface area contributed by atoms with Gasteiger partial charge in [-0.15, -0.1) is 0 Å². The number of ether oxygens (including phenoxy) is 3. The minimum absolute atomic E-state index is 0.268. The molecule has 0 aromatic carbocycles. The summed E-state index contributed by atoms with van der Waals surface area (Å²) in [6.45, 7) is 4.61. The summed E-state index contributed by atoms with van der Waals surface area (Å²) in [6, 6.07) is 0. The number of rotatable bonds is 13. The van der Waals surface area contributed by atoms with E-state index in [9.17, 15) is 28.8 Å². The van der Waals surface area contributed by atoms with Crippen LogP contribution in [0, 0.1) is 5.41 Å². The summed E-state index contributed by atoms with van der Waals surface area (Å²) in [7, 11) is 0. The largest absolute Gasteiger partial charge is 0.464 e. The van der Waals surface area contributed by atoms with Crippen LogP contribution in [0.1, 0.15) is 53.4 Å². The van der Waals surface area contributed by atoms with E-state index in [2.05, 4.69) is 0 Å². The Bertz CT molecular complexity index is 513. The lowest BCUT2D eigenvalue weighted by Gasteiger charge is -2.31. The molecule has 152 valence electrons. The number of hydrogen-bond acceptors (Lipinski definition) is 9. The maximum atomic E-state index is 11.6. The molecule has 0 saturated carbocycles. The van der Waals surface area contributed by atoms with E-state index in [4.69, 9.17) is 14.2 Å². The molecule has 0 aromatic rings. The summed E-state index contributed by atoms with van der Waals surface area (Å²) in [5.74, 6) is -3.39. The number of carbonyl (C=O) groups excluding carboxylic acids is 6. The Balaban J connectivity index is 5.04. The molecule has 0 aliphatic carbocycles. The van der Waals surface area contributed by atoms with E-state index in [-0.39, 0.29) is 37.2 Å². The fraction of sp³-hybridized carbons (Fsp3) is 0.667. The van der Waals surface area contributed by atoms with Crippen molar-refractivity contribution in [3.05, 3.63) is 0 Å². The van der Waals surface area contributed by atoms with Gasteiger partial charge in [-0.25, -0.2) is 0 Å². The van der Waals surface area contributed by atoms with Crippen molar-refractivity contribution in [2.45, 2.75) is 53.4 Å². The van der Waals surface area contributed by atoms with E-state index in [0.717, 1.165) is 0 Å². The Labute approximate surface area is 157 Å². The molecule has 0 aliphatic rings. The van der Waals surface area contributed by atoms with Gasteiger partial charge in [0, 0.05) is 0 Å². The number of carbonyl (C=O) groups is 6. The highest BCUT2D eigenvalue weighted by Crippen LogP contribution is 2.25. The van der Waals surface area contributed by atoms with E-state index in [1.165, 1.54) is 20.8 Å². The monoisotopic (exact) mass is 386 g/mol. The summed E-state index contributed by atoms with van der Waals surface area (Å²) in [4.78, 5) is 67.8. The average molecular weight is 386 g/mol. The Morgan fingerprint density at radius 3 is 1.04 bits per heavy atom. The lowest BCUT2D eigenvalue weighted by molar-refractivity contribution is -0.162. The second-order valence-corrected chi connectivity index (χ2v) is 6.47. The van der Waals surface area contributed by atoms with E-state index >= 15 is 0 Å². The van der Waals surface area contributed by atoms with Gasteiger partial charge in [0.2, 0.25) is 0 Å². The first-order chi connectivity index (χ1) is 12.5. The van der Waals surface area contributed by atoms with Gasteiger partial charge < -0.3 is 14.2 Å². The first-order valence-electron chi connectivity index (χ1n) is 8.45. The first kappa shape index (κ1) is 24.4. The van der Waals surface area contributed by atoms with Crippen LogP contribution >= 0.6 is 0 Å². The maximum Gasteiger partial charge on any atom is 0.313 e. The van der Waals surface area contributed by atoms with Gasteiger partial charge in [-0.1, -0.05) is 6.92 Å². The highest BCUT2D eigenvalue weighted by molar-refractivity contribution is 5.95. The van der Waals surface area contributed by atoms with Crippen molar-refractivity contribution in [3.8, 4) is 0 Å². The molecule has 0 amide bonds. The van der Waals surface area contributed by atoms with Gasteiger partial charge in [-0.3, -0.25) is 28.8 Å². The van der Waals surface area contributed by atoms with Crippen LogP contribution in [-0.4, -0.2) is 55.1 Å². The zero-order valence-corrected chi connectivity index (χ0v) is 16.1. The normalized spacial score (nSPS) is 10.7. The molecular formula is C18H26O9. The number of ketones is 3. The van der Waals surface area contributed by atoms with Gasteiger partial charge >= 0.3 is 17.9 Å². The predicted molar refractivity (Wildman–Crippen MR) is 91.5 cm³/mol. The second kappa shape index (κ2) is 11.9. The minimum atomic E-state index is -1.06. The molecule has 27 heavy (non-hydrogen) atoms. The second-order valence-electron chi connectivity index (χ2n) is 6.47. The molecule has 0 saturated heterocycles. The van der Waals surface area contributed by atoms with Crippen LogP contribution in [0.5, 0.6) is 0 Å². The van der Waals surface area contributed by atoms with Crippen molar-refractivity contribution >= 4 is 35.3 Å². The molecule has 9 nitrogen and oxygen atoms in total. The van der Waals surface area contributed by atoms with E-state index in [0.29, 0.717) is 6.42 Å². The zero-order valence-electron chi connectivity index (χ0n) is 16.1. The van der Waals surface area contributed by atoms with Gasteiger partial charge in [-0.2, -0.15) is 0 Å². The van der Waals surface area contributed by atoms with Gasteiger partial charge in [0.15, 0.2) is 0 Å². The van der Waals surface area contributed by atoms with E-state index in [1.807, 2.05) is 0 Å². The van der Waals surface area contributed by atoms with Crippen LogP contribution in [0.15, 0.2) is 0 Å². The molecule has 0 fully saturated rings. The third-order valence-corrected chi connectivity index (χ3v) is 3.55. The van der Waals surface area contributed by atoms with Crippen LogP contribution in [-0.2, 0) is 43.0 Å². The molecule has 0 bridgehead atoms. The molecule has 9 heteroatoms. The van der Waals surface area contributed by atoms with Gasteiger partial charge in [-0.05, 0) is 27.2 Å². The summed E-state index contributed by atoms with van der Waals surface area (Å²) < 4.78 is 15.2. The third kappa shape index (κ3) is 11.6. The SMILES string of the molecule is CCC(COC(=O)CC(C)=O)(COC(=O)CC(C)=O)COC(=O)CC(C)=O. The molecular weight excluding hydrogens is 360 g/mol. The Hall–Kier alpha value is -2.58. The van der Waals surface area contributed by atoms with Gasteiger partial charge in [0.1, 0.15) is 56.4 Å². The van der Waals surface area contributed by atoms with Crippen molar-refractivity contribution in [3.63, 3.8) is 0 Å². The quantitative estimate of drug-likeness (QED) is 0.258. The molecule has 0 spiro atoms. The summed E-state index contributed by atoms with van der Waals surface area (Å²) >= 11 is 0. The van der Waals surface area contributed by atoms with Crippen LogP contribution in [0.25, 0.3) is 0 Å². The highest BCUT2D eigenvalue weighted by Gasteiger charge is 2.34. The van der Waals surface area contributed by atoms with Gasteiger partial charge in [0.05, 0.1) is 5.41 Å². The van der Waals surface area contributed by atoms with Crippen LogP contribution in [0.3, 0.4) is 0 Å². The van der Waals surface area contributed by atoms with Crippen molar-refractivity contribution in [1.82, 2.24) is 0 Å². The lowest BCUT2D eigenvalue weighted by Crippen LogP contribution is -2.39. The number of Topliss-reactive ketones (excluding diaryl/α,β-unsaturated/α-hetero) is 3. The predicted octanol–water partition coefficient (Wildman–Crippen LogP) is 0.950. The summed E-state index contributed by atoms with van der Waals surface area (Å²) in [5, 5.41) is 0. The fourth-order valence-electron chi connectivity index (χ4n) is 1.89. The zero-order chi connectivity index (χ0) is 21.0. The molecule has 0 atom stereocenters. The topological polar surface area (TPSA) is 130 Å². The van der Waals surface area contributed by atoms with Crippen LogP contribution in [0.4, 0.5) is 0 Å². The van der Waals surface area contributed by atoms with Gasteiger partial charge in [0.25, 0.3) is 0 Å². The van der Waals surface area contributed by atoms with Crippen molar-refractivity contribution in [1.29, 1.82) is 0 Å². The van der Waals surface area contributed by atoms with Crippen LogP contribution in [0.2, 0.25) is 0 Å². The van der Waals surface area contributed by atoms with E-state index < -0.39 is 42.6 Å². The summed E-state index contributed by atoms with van der Waals surface area (Å²) in [5.41, 5.74) is -1.06. The molecule has 0 rings (SSSR count). The molecule has 0 N–H and O–H groups in total. The molecule has 0 radical (unpaired) electrons. The molecule has 0 unspecified atom stereocenters. The minimum Gasteiger partial charge on any atom is -0.464 e. The lowest BCUT2D eigenvalue weighted by atomic mass is 9.88. The number of esters is 3. The first-order valence-corrected chi connectivity index (χ1v) is 8.45. The Morgan fingerprint density at radius 1 is 0.593 bits per heavy atom. The standard InChI is InChI=1S/C18H26O9/c1-5-18(9-25-15(22)6-12(2)19,10-26-16(23)7-13(3)20)11-27-17(24)8-14(4)21/h5-11H2,1-4H3. The summed E-state index contributed by atoms with van der Waals surface area (Å²) in [6.07, 6.45) is -0.933. The maximum absolute atomic E-state index is 11.6. The average Bonchev–Trinajstić information content (AvgIpc) is 2.52. The number of hydrogen-bond donors (Lipinski definition) is 0. The van der Waals surface area contributed by atoms with Crippen molar-refractivity contribution < 1.29 is 43.0 Å². The van der Waals surface area contributed by atoms with E-state index in [1.54, 1.807) is 6.92 Å². The third-order valence-electron chi connectivity index (χ3n) is 3.55. The van der Waals surface area contributed by atoms with Crippen LogP contribution < -0.4 is 0 Å². The van der Waals surface area contributed by atoms with Crippen molar-refractivity contribution in [2.75, 3.05) is 19.8 Å². The molecule has 0 aromatic heterocycles.